The molecule has 0 bridgehead atoms. The second-order valence-electron chi connectivity index (χ2n) is 9.06. The maximum Gasteiger partial charge on any atom is 0.328 e. The predicted molar refractivity (Wildman–Crippen MR) is 111 cm³/mol. The highest BCUT2D eigenvalue weighted by Gasteiger charge is 2.48. The maximum absolute atomic E-state index is 10.8. The molecule has 2 fully saturated rings. The van der Waals surface area contributed by atoms with Gasteiger partial charge >= 0.3 is 5.97 Å². The van der Waals surface area contributed by atoms with Crippen molar-refractivity contribution < 1.29 is 15.0 Å². The van der Waals surface area contributed by atoms with E-state index in [1.165, 1.54) is 11.6 Å². The number of aliphatic hydroxyl groups is 1. The smallest absolute Gasteiger partial charge is 0.328 e. The van der Waals surface area contributed by atoms with Gasteiger partial charge in [-0.2, -0.15) is 0 Å². The molecule has 2 aliphatic rings. The van der Waals surface area contributed by atoms with E-state index in [0.717, 1.165) is 25.7 Å². The van der Waals surface area contributed by atoms with Gasteiger partial charge < -0.3 is 10.2 Å². The highest BCUT2D eigenvalue weighted by Crippen LogP contribution is 2.53. The van der Waals surface area contributed by atoms with Crippen molar-refractivity contribution in [2.75, 3.05) is 0 Å². The summed E-state index contributed by atoms with van der Waals surface area (Å²) in [5.41, 5.74) is 1.46. The molecule has 3 nitrogen and oxygen atoms in total. The largest absolute Gasteiger partial charge is 0.478 e. The molecule has 2 rings (SSSR count). The van der Waals surface area contributed by atoms with Gasteiger partial charge in [0.2, 0.25) is 0 Å². The molecule has 0 saturated heterocycles. The van der Waals surface area contributed by atoms with Crippen LogP contribution in [-0.4, -0.2) is 22.3 Å². The van der Waals surface area contributed by atoms with Crippen molar-refractivity contribution in [3.63, 3.8) is 0 Å². The van der Waals surface area contributed by atoms with Crippen LogP contribution >= 0.6 is 0 Å². The van der Waals surface area contributed by atoms with E-state index >= 15 is 0 Å². The Balaban J connectivity index is 2.39. The average Bonchev–Trinajstić information content (AvgIpc) is 2.60. The molecule has 0 aliphatic heterocycles. The lowest BCUT2D eigenvalue weighted by Gasteiger charge is -2.52. The fourth-order valence-electron chi connectivity index (χ4n) is 5.70. The topological polar surface area (TPSA) is 57.5 Å². The molecule has 0 radical (unpaired) electrons. The number of carboxylic acid groups (broad SMARTS) is 1. The number of aliphatic hydroxyl groups excluding tert-OH is 1. The minimum absolute atomic E-state index is 0.195. The highest BCUT2D eigenvalue weighted by molar-refractivity contribution is 5.80. The van der Waals surface area contributed by atoms with E-state index in [0.29, 0.717) is 41.4 Å². The number of hydrogen-bond acceptors (Lipinski definition) is 2. The van der Waals surface area contributed by atoms with Gasteiger partial charge in [-0.15, -0.1) is 0 Å². The number of aliphatic carboxylic acids is 1. The molecule has 152 valence electrons. The molecule has 0 aromatic heterocycles. The predicted octanol–water partition coefficient (Wildman–Crippen LogP) is 5.47. The van der Waals surface area contributed by atoms with Crippen LogP contribution in [0.4, 0.5) is 0 Å². The molecule has 0 aromatic rings. The van der Waals surface area contributed by atoms with Crippen molar-refractivity contribution in [1.29, 1.82) is 0 Å². The summed E-state index contributed by atoms with van der Waals surface area (Å²) in [7, 11) is 0. The zero-order valence-electron chi connectivity index (χ0n) is 17.6. The van der Waals surface area contributed by atoms with Crippen LogP contribution in [0.15, 0.2) is 36.0 Å². The van der Waals surface area contributed by atoms with Crippen molar-refractivity contribution in [2.45, 2.75) is 66.4 Å². The monoisotopic (exact) mass is 374 g/mol. The summed E-state index contributed by atoms with van der Waals surface area (Å²) in [5, 5.41) is 19.5. The van der Waals surface area contributed by atoms with Crippen molar-refractivity contribution >= 4 is 5.97 Å². The van der Waals surface area contributed by atoms with Gasteiger partial charge in [-0.05, 0) is 67.6 Å². The SMILES string of the molecule is CCC(C)/C=C(/C)[C@H]1[C@@H](/C=C/C=C/C(=O)O)[C@H]2[C@@H](C[C@@H]1C)[C@@H](O)CC[C@@H]2C. The van der Waals surface area contributed by atoms with Gasteiger partial charge in [0.05, 0.1) is 6.10 Å². The third kappa shape index (κ3) is 5.34. The van der Waals surface area contributed by atoms with E-state index in [4.69, 9.17) is 5.11 Å². The van der Waals surface area contributed by atoms with Crippen LogP contribution in [0.3, 0.4) is 0 Å². The molecular weight excluding hydrogens is 336 g/mol. The van der Waals surface area contributed by atoms with Crippen molar-refractivity contribution in [3.05, 3.63) is 36.0 Å². The Morgan fingerprint density at radius 3 is 2.52 bits per heavy atom. The van der Waals surface area contributed by atoms with Crippen molar-refractivity contribution in [3.8, 4) is 0 Å². The molecule has 0 heterocycles. The molecular formula is C24H38O3. The summed E-state index contributed by atoms with van der Waals surface area (Å²) in [6.07, 6.45) is 13.4. The molecule has 2 saturated carbocycles. The van der Waals surface area contributed by atoms with Gasteiger partial charge in [0.1, 0.15) is 0 Å². The zero-order chi connectivity index (χ0) is 20.1. The Kier molecular flexibility index (Phi) is 7.91. The first-order valence-electron chi connectivity index (χ1n) is 10.7. The molecule has 1 unspecified atom stereocenters. The van der Waals surface area contributed by atoms with Crippen LogP contribution in [0.25, 0.3) is 0 Å². The Morgan fingerprint density at radius 2 is 1.89 bits per heavy atom. The quantitative estimate of drug-likeness (QED) is 0.368. The summed E-state index contributed by atoms with van der Waals surface area (Å²) < 4.78 is 0. The minimum atomic E-state index is -0.916. The first kappa shape index (κ1) is 21.9. The standard InChI is InChI=1S/C24H38O3/c1-6-15(2)13-17(4)23-18(5)14-20-21(25)12-11-16(3)24(20)19(23)9-7-8-10-22(26)27/h7-10,13,15-16,18-21,23-25H,6,11-12,14H2,1-5H3,(H,26,27)/b9-7+,10-8+,17-13-/t15?,16-,18-,19+,20-,21-,23+,24-/m0/s1. The first-order valence-corrected chi connectivity index (χ1v) is 10.7. The highest BCUT2D eigenvalue weighted by atomic mass is 16.4. The Morgan fingerprint density at radius 1 is 1.19 bits per heavy atom. The Bertz CT molecular complexity index is 588. The fraction of sp³-hybridized carbons (Fsp3) is 0.708. The molecule has 0 amide bonds. The number of fused-ring (bicyclic) bond motifs is 1. The van der Waals surface area contributed by atoms with E-state index in [1.807, 2.05) is 6.08 Å². The zero-order valence-corrected chi connectivity index (χ0v) is 17.6. The fourth-order valence-corrected chi connectivity index (χ4v) is 5.70. The second-order valence-corrected chi connectivity index (χ2v) is 9.06. The van der Waals surface area contributed by atoms with Gasteiger partial charge in [0.25, 0.3) is 0 Å². The summed E-state index contributed by atoms with van der Waals surface area (Å²) >= 11 is 0. The number of rotatable bonds is 6. The average molecular weight is 375 g/mol. The summed E-state index contributed by atoms with van der Waals surface area (Å²) in [4.78, 5) is 10.8. The second kappa shape index (κ2) is 9.73. The van der Waals surface area contributed by atoms with E-state index in [1.54, 1.807) is 6.08 Å². The maximum atomic E-state index is 10.8. The van der Waals surface area contributed by atoms with Gasteiger partial charge in [-0.1, -0.05) is 64.0 Å². The third-order valence-corrected chi connectivity index (χ3v) is 7.08. The van der Waals surface area contributed by atoms with Crippen LogP contribution in [0.2, 0.25) is 0 Å². The molecule has 2 aliphatic carbocycles. The van der Waals surface area contributed by atoms with Crippen LogP contribution in [-0.2, 0) is 4.79 Å². The van der Waals surface area contributed by atoms with Crippen LogP contribution in [0.1, 0.15) is 60.3 Å². The van der Waals surface area contributed by atoms with Gasteiger partial charge in [-0.25, -0.2) is 4.79 Å². The summed E-state index contributed by atoms with van der Waals surface area (Å²) in [5.74, 6) is 2.39. The lowest BCUT2D eigenvalue weighted by molar-refractivity contribution is -0.131. The summed E-state index contributed by atoms with van der Waals surface area (Å²) in [6, 6.07) is 0. The van der Waals surface area contributed by atoms with Gasteiger partial charge in [0.15, 0.2) is 0 Å². The van der Waals surface area contributed by atoms with Crippen LogP contribution in [0, 0.1) is 41.4 Å². The van der Waals surface area contributed by atoms with Gasteiger partial charge in [0, 0.05) is 6.08 Å². The lowest BCUT2D eigenvalue weighted by atomic mass is 9.53. The molecule has 8 atom stereocenters. The van der Waals surface area contributed by atoms with E-state index < -0.39 is 5.97 Å². The number of allylic oxidation sites excluding steroid dienone is 5. The van der Waals surface area contributed by atoms with E-state index in [-0.39, 0.29) is 6.10 Å². The van der Waals surface area contributed by atoms with Gasteiger partial charge in [-0.3, -0.25) is 0 Å². The Labute approximate surface area is 165 Å². The number of carbonyl (C=O) groups is 1. The third-order valence-electron chi connectivity index (χ3n) is 7.08. The van der Waals surface area contributed by atoms with Crippen molar-refractivity contribution in [2.24, 2.45) is 41.4 Å². The van der Waals surface area contributed by atoms with Crippen LogP contribution < -0.4 is 0 Å². The molecule has 0 aromatic carbocycles. The number of carboxylic acids is 1. The van der Waals surface area contributed by atoms with Crippen molar-refractivity contribution in [1.82, 2.24) is 0 Å². The molecule has 0 spiro atoms. The number of hydrogen-bond donors (Lipinski definition) is 2. The minimum Gasteiger partial charge on any atom is -0.478 e. The van der Waals surface area contributed by atoms with E-state index in [2.05, 4.69) is 46.8 Å². The van der Waals surface area contributed by atoms with E-state index in [9.17, 15) is 9.90 Å². The van der Waals surface area contributed by atoms with Crippen LogP contribution in [0.5, 0.6) is 0 Å². The molecule has 3 heteroatoms. The summed E-state index contributed by atoms with van der Waals surface area (Å²) in [6.45, 7) is 11.4. The molecule has 27 heavy (non-hydrogen) atoms. The lowest BCUT2D eigenvalue weighted by Crippen LogP contribution is -2.48. The first-order chi connectivity index (χ1) is 12.8. The molecule has 2 N–H and O–H groups in total. The normalized spacial score (nSPS) is 38.9. The Hall–Kier alpha value is -1.35.